The van der Waals surface area contributed by atoms with Crippen LogP contribution in [-0.2, 0) is 4.79 Å². The summed E-state index contributed by atoms with van der Waals surface area (Å²) in [7, 11) is 0. The number of hydrogen-bond donors (Lipinski definition) is 1. The van der Waals surface area contributed by atoms with Crippen molar-refractivity contribution in [2.24, 2.45) is 11.8 Å². The van der Waals surface area contributed by atoms with Crippen molar-refractivity contribution in [3.63, 3.8) is 0 Å². The SMILES string of the molecule is CC(C)CN1CCN(CC2CCCNC2)CC1=O. The van der Waals surface area contributed by atoms with Gasteiger partial charge in [0, 0.05) is 26.2 Å². The molecule has 1 atom stereocenters. The van der Waals surface area contributed by atoms with Crippen LogP contribution in [0.3, 0.4) is 0 Å². The molecule has 1 unspecified atom stereocenters. The predicted octanol–water partition coefficient (Wildman–Crippen LogP) is 0.786. The van der Waals surface area contributed by atoms with E-state index in [2.05, 4.69) is 24.1 Å². The van der Waals surface area contributed by atoms with Gasteiger partial charge in [-0.1, -0.05) is 13.8 Å². The molecule has 0 aromatic heterocycles. The molecule has 4 heteroatoms. The highest BCUT2D eigenvalue weighted by Gasteiger charge is 2.26. The van der Waals surface area contributed by atoms with E-state index in [1.807, 2.05) is 4.90 Å². The van der Waals surface area contributed by atoms with E-state index >= 15 is 0 Å². The van der Waals surface area contributed by atoms with Crippen molar-refractivity contribution in [2.45, 2.75) is 26.7 Å². The molecule has 0 aromatic carbocycles. The summed E-state index contributed by atoms with van der Waals surface area (Å²) in [6.07, 6.45) is 2.60. The zero-order valence-corrected chi connectivity index (χ0v) is 11.8. The van der Waals surface area contributed by atoms with Crippen LogP contribution in [0.5, 0.6) is 0 Å². The summed E-state index contributed by atoms with van der Waals surface area (Å²) >= 11 is 0. The lowest BCUT2D eigenvalue weighted by Gasteiger charge is -2.37. The molecule has 2 saturated heterocycles. The van der Waals surface area contributed by atoms with Crippen molar-refractivity contribution in [1.29, 1.82) is 0 Å². The monoisotopic (exact) mass is 253 g/mol. The van der Waals surface area contributed by atoms with Gasteiger partial charge < -0.3 is 10.2 Å². The molecule has 4 nitrogen and oxygen atoms in total. The Morgan fingerprint density at radius 3 is 2.83 bits per heavy atom. The van der Waals surface area contributed by atoms with E-state index in [0.29, 0.717) is 18.4 Å². The number of amides is 1. The quantitative estimate of drug-likeness (QED) is 0.804. The predicted molar refractivity (Wildman–Crippen MR) is 73.5 cm³/mol. The molecule has 0 aliphatic carbocycles. The molecule has 2 rings (SSSR count). The fourth-order valence-corrected chi connectivity index (χ4v) is 2.99. The fraction of sp³-hybridized carbons (Fsp3) is 0.929. The van der Waals surface area contributed by atoms with E-state index in [1.54, 1.807) is 0 Å². The highest BCUT2D eigenvalue weighted by Crippen LogP contribution is 2.14. The van der Waals surface area contributed by atoms with Crippen LogP contribution in [0.2, 0.25) is 0 Å². The summed E-state index contributed by atoms with van der Waals surface area (Å²) in [5.41, 5.74) is 0. The first-order chi connectivity index (χ1) is 8.65. The number of nitrogens with one attached hydrogen (secondary N) is 1. The Kier molecular flexibility index (Phi) is 5.01. The zero-order valence-electron chi connectivity index (χ0n) is 11.8. The molecule has 1 amide bonds. The summed E-state index contributed by atoms with van der Waals surface area (Å²) in [6, 6.07) is 0. The van der Waals surface area contributed by atoms with Gasteiger partial charge in [-0.15, -0.1) is 0 Å². The number of piperidine rings is 1. The first-order valence-corrected chi connectivity index (χ1v) is 7.36. The summed E-state index contributed by atoms with van der Waals surface area (Å²) in [5.74, 6) is 1.63. The minimum Gasteiger partial charge on any atom is -0.340 e. The van der Waals surface area contributed by atoms with Gasteiger partial charge in [-0.3, -0.25) is 9.69 Å². The van der Waals surface area contributed by atoms with Gasteiger partial charge in [-0.2, -0.15) is 0 Å². The van der Waals surface area contributed by atoms with Crippen LogP contribution in [0, 0.1) is 11.8 Å². The summed E-state index contributed by atoms with van der Waals surface area (Å²) in [6.45, 7) is 11.2. The average Bonchev–Trinajstić information content (AvgIpc) is 2.33. The van der Waals surface area contributed by atoms with Crippen molar-refractivity contribution in [2.75, 3.05) is 45.8 Å². The minimum atomic E-state index is 0.318. The highest BCUT2D eigenvalue weighted by molar-refractivity contribution is 5.79. The molecule has 2 aliphatic heterocycles. The van der Waals surface area contributed by atoms with E-state index < -0.39 is 0 Å². The number of carbonyl (C=O) groups excluding carboxylic acids is 1. The van der Waals surface area contributed by atoms with E-state index in [-0.39, 0.29) is 0 Å². The molecule has 2 aliphatic rings. The van der Waals surface area contributed by atoms with Crippen molar-refractivity contribution in [3.8, 4) is 0 Å². The average molecular weight is 253 g/mol. The van der Waals surface area contributed by atoms with E-state index in [0.717, 1.165) is 45.2 Å². The van der Waals surface area contributed by atoms with E-state index in [1.165, 1.54) is 12.8 Å². The second-order valence-electron chi connectivity index (χ2n) is 6.18. The van der Waals surface area contributed by atoms with Crippen LogP contribution < -0.4 is 5.32 Å². The van der Waals surface area contributed by atoms with E-state index in [9.17, 15) is 4.79 Å². The topological polar surface area (TPSA) is 35.6 Å². The van der Waals surface area contributed by atoms with Gasteiger partial charge in [0.2, 0.25) is 5.91 Å². The smallest absolute Gasteiger partial charge is 0.236 e. The molecular formula is C14H27N3O. The Bertz CT molecular complexity index is 274. The highest BCUT2D eigenvalue weighted by atomic mass is 16.2. The molecule has 1 N–H and O–H groups in total. The molecule has 2 heterocycles. The first-order valence-electron chi connectivity index (χ1n) is 7.36. The second kappa shape index (κ2) is 6.53. The van der Waals surface area contributed by atoms with Gasteiger partial charge in [-0.05, 0) is 37.8 Å². The van der Waals surface area contributed by atoms with Crippen molar-refractivity contribution >= 4 is 5.91 Å². The van der Waals surface area contributed by atoms with Crippen molar-refractivity contribution < 1.29 is 4.79 Å². The third-order valence-electron chi connectivity index (χ3n) is 3.90. The Balaban J connectivity index is 1.75. The lowest BCUT2D eigenvalue weighted by atomic mass is 9.99. The molecule has 0 saturated carbocycles. The second-order valence-corrected chi connectivity index (χ2v) is 6.18. The Morgan fingerprint density at radius 1 is 1.39 bits per heavy atom. The van der Waals surface area contributed by atoms with Crippen molar-refractivity contribution in [1.82, 2.24) is 15.1 Å². The maximum atomic E-state index is 12.1. The zero-order chi connectivity index (χ0) is 13.0. The molecule has 104 valence electrons. The Hall–Kier alpha value is -0.610. The maximum absolute atomic E-state index is 12.1. The molecular weight excluding hydrogens is 226 g/mol. The van der Waals surface area contributed by atoms with Gasteiger partial charge in [0.15, 0.2) is 0 Å². The van der Waals surface area contributed by atoms with Crippen LogP contribution in [0.1, 0.15) is 26.7 Å². The Labute approximate surface area is 111 Å². The molecule has 2 fully saturated rings. The Morgan fingerprint density at radius 2 is 2.22 bits per heavy atom. The first kappa shape index (κ1) is 13.8. The summed E-state index contributed by atoms with van der Waals surface area (Å²) in [5, 5.41) is 3.45. The number of carbonyl (C=O) groups is 1. The summed E-state index contributed by atoms with van der Waals surface area (Å²) in [4.78, 5) is 16.4. The lowest BCUT2D eigenvalue weighted by molar-refractivity contribution is -0.136. The van der Waals surface area contributed by atoms with Crippen LogP contribution in [0.4, 0.5) is 0 Å². The van der Waals surface area contributed by atoms with Gasteiger partial charge in [0.05, 0.1) is 6.54 Å². The number of hydrogen-bond acceptors (Lipinski definition) is 3. The van der Waals surface area contributed by atoms with Crippen LogP contribution in [-0.4, -0.2) is 61.5 Å². The van der Waals surface area contributed by atoms with Crippen molar-refractivity contribution in [3.05, 3.63) is 0 Å². The third kappa shape index (κ3) is 3.95. The van der Waals surface area contributed by atoms with Gasteiger partial charge in [0.25, 0.3) is 0 Å². The fourth-order valence-electron chi connectivity index (χ4n) is 2.99. The van der Waals surface area contributed by atoms with Crippen LogP contribution in [0.15, 0.2) is 0 Å². The molecule has 0 bridgehead atoms. The summed E-state index contributed by atoms with van der Waals surface area (Å²) < 4.78 is 0. The maximum Gasteiger partial charge on any atom is 0.236 e. The van der Waals surface area contributed by atoms with E-state index in [4.69, 9.17) is 0 Å². The van der Waals surface area contributed by atoms with Gasteiger partial charge in [-0.25, -0.2) is 0 Å². The molecule has 0 aromatic rings. The number of rotatable bonds is 4. The van der Waals surface area contributed by atoms with Gasteiger partial charge >= 0.3 is 0 Å². The minimum absolute atomic E-state index is 0.318. The lowest BCUT2D eigenvalue weighted by Crippen LogP contribution is -2.53. The standard InChI is InChI=1S/C14H27N3O/c1-12(2)9-17-7-6-16(11-14(17)18)10-13-4-3-5-15-8-13/h12-13,15H,3-11H2,1-2H3. The normalized spacial score (nSPS) is 26.9. The van der Waals surface area contributed by atoms with Crippen LogP contribution >= 0.6 is 0 Å². The van der Waals surface area contributed by atoms with Gasteiger partial charge in [0.1, 0.15) is 0 Å². The third-order valence-corrected chi connectivity index (χ3v) is 3.90. The molecule has 0 radical (unpaired) electrons. The molecule has 18 heavy (non-hydrogen) atoms. The number of nitrogens with zero attached hydrogens (tertiary/aromatic N) is 2. The largest absolute Gasteiger partial charge is 0.340 e. The number of piperazine rings is 1. The van der Waals surface area contributed by atoms with Crippen LogP contribution in [0.25, 0.3) is 0 Å². The molecule has 0 spiro atoms.